The van der Waals surface area contributed by atoms with E-state index in [9.17, 15) is 0 Å². The summed E-state index contributed by atoms with van der Waals surface area (Å²) in [5, 5.41) is 3.88. The van der Waals surface area contributed by atoms with Gasteiger partial charge in [-0.25, -0.2) is 0 Å². The minimum Gasteiger partial charge on any atom is -0.497 e. The Hall–Kier alpha value is -1.06. The fourth-order valence-corrected chi connectivity index (χ4v) is 4.09. The normalized spacial score (nSPS) is 36.6. The van der Waals surface area contributed by atoms with Gasteiger partial charge in [-0.05, 0) is 43.4 Å². The highest BCUT2D eigenvalue weighted by atomic mass is 16.5. The van der Waals surface area contributed by atoms with Gasteiger partial charge in [0.05, 0.1) is 19.8 Å². The number of hydrogen-bond donors (Lipinski definition) is 1. The summed E-state index contributed by atoms with van der Waals surface area (Å²) in [4.78, 5) is 0. The van der Waals surface area contributed by atoms with Crippen molar-refractivity contribution in [3.05, 3.63) is 29.8 Å². The number of morpholine rings is 1. The zero-order valence-corrected chi connectivity index (χ0v) is 13.4. The molecule has 0 amide bonds. The van der Waals surface area contributed by atoms with Crippen molar-refractivity contribution in [3.8, 4) is 5.75 Å². The highest BCUT2D eigenvalue weighted by molar-refractivity contribution is 5.29. The van der Waals surface area contributed by atoms with Gasteiger partial charge >= 0.3 is 0 Å². The molecule has 3 heteroatoms. The van der Waals surface area contributed by atoms with E-state index in [1.807, 2.05) is 12.1 Å². The summed E-state index contributed by atoms with van der Waals surface area (Å²) in [6.07, 6.45) is 5.31. The van der Waals surface area contributed by atoms with Crippen LogP contribution in [0.4, 0.5) is 0 Å². The molecule has 3 rings (SSSR count). The molecule has 4 unspecified atom stereocenters. The molecule has 2 aliphatic rings. The Morgan fingerprint density at radius 1 is 1.24 bits per heavy atom. The molecule has 0 bridgehead atoms. The smallest absolute Gasteiger partial charge is 0.118 e. The fourth-order valence-electron chi connectivity index (χ4n) is 4.09. The molecule has 1 saturated carbocycles. The van der Waals surface area contributed by atoms with Crippen LogP contribution in [-0.2, 0) is 4.74 Å². The third-order valence-corrected chi connectivity index (χ3v) is 5.06. The van der Waals surface area contributed by atoms with Gasteiger partial charge in [0.2, 0.25) is 0 Å². The monoisotopic (exact) mass is 289 g/mol. The minimum atomic E-state index is 0.138. The average Bonchev–Trinajstić information content (AvgIpc) is 2.47. The van der Waals surface area contributed by atoms with Crippen molar-refractivity contribution < 1.29 is 9.47 Å². The van der Waals surface area contributed by atoms with Crippen LogP contribution >= 0.6 is 0 Å². The third kappa shape index (κ3) is 3.09. The van der Waals surface area contributed by atoms with E-state index in [0.717, 1.165) is 18.3 Å². The summed E-state index contributed by atoms with van der Waals surface area (Å²) in [5.74, 6) is 1.70. The molecule has 1 aliphatic heterocycles. The molecule has 3 nitrogen and oxygen atoms in total. The number of ether oxygens (including phenoxy) is 2. The summed E-state index contributed by atoms with van der Waals surface area (Å²) < 4.78 is 11.5. The average molecular weight is 289 g/mol. The Labute approximate surface area is 128 Å². The van der Waals surface area contributed by atoms with Crippen LogP contribution in [0.2, 0.25) is 0 Å². The molecule has 1 N–H and O–H groups in total. The molecule has 0 radical (unpaired) electrons. The van der Waals surface area contributed by atoms with E-state index in [4.69, 9.17) is 9.47 Å². The molecule has 1 aromatic rings. The van der Waals surface area contributed by atoms with Gasteiger partial charge in [-0.2, -0.15) is 0 Å². The largest absolute Gasteiger partial charge is 0.497 e. The fraction of sp³-hybridized carbons (Fsp3) is 0.667. The summed E-state index contributed by atoms with van der Waals surface area (Å²) in [7, 11) is 1.70. The Kier molecular flexibility index (Phi) is 4.23. The van der Waals surface area contributed by atoms with E-state index in [1.165, 1.54) is 31.2 Å². The first-order valence-electron chi connectivity index (χ1n) is 8.15. The van der Waals surface area contributed by atoms with Crippen LogP contribution in [0.1, 0.15) is 51.2 Å². The minimum absolute atomic E-state index is 0.138. The van der Waals surface area contributed by atoms with E-state index in [-0.39, 0.29) is 11.6 Å². The van der Waals surface area contributed by atoms with E-state index < -0.39 is 0 Å². The maximum atomic E-state index is 6.29. The van der Waals surface area contributed by atoms with Crippen molar-refractivity contribution in [2.75, 3.05) is 13.7 Å². The van der Waals surface area contributed by atoms with Crippen LogP contribution in [-0.4, -0.2) is 25.3 Å². The van der Waals surface area contributed by atoms with Crippen molar-refractivity contribution >= 4 is 0 Å². The van der Waals surface area contributed by atoms with Gasteiger partial charge in [0.25, 0.3) is 0 Å². The standard InChI is InChI=1S/C18H27NO2/c1-13-5-4-10-18(11-13)12-21-17(14(2)19-18)15-6-8-16(20-3)9-7-15/h6-9,13-14,17,19H,4-5,10-12H2,1-3H3. The van der Waals surface area contributed by atoms with E-state index in [0.29, 0.717) is 6.04 Å². The predicted molar refractivity (Wildman–Crippen MR) is 84.6 cm³/mol. The second-order valence-electron chi connectivity index (χ2n) is 6.92. The molecule has 1 aliphatic carbocycles. The molecule has 116 valence electrons. The van der Waals surface area contributed by atoms with Crippen molar-refractivity contribution in [2.24, 2.45) is 5.92 Å². The summed E-state index contributed by atoms with van der Waals surface area (Å²) >= 11 is 0. The van der Waals surface area contributed by atoms with Crippen LogP contribution in [0, 0.1) is 5.92 Å². The second kappa shape index (κ2) is 5.98. The summed E-state index contributed by atoms with van der Waals surface area (Å²) in [6.45, 7) is 5.44. The molecule has 1 heterocycles. The van der Waals surface area contributed by atoms with Crippen molar-refractivity contribution in [1.29, 1.82) is 0 Å². The van der Waals surface area contributed by atoms with E-state index in [1.54, 1.807) is 7.11 Å². The molecule has 1 aromatic carbocycles. The van der Waals surface area contributed by atoms with E-state index >= 15 is 0 Å². The molecular formula is C18H27NO2. The van der Waals surface area contributed by atoms with Gasteiger partial charge in [0.1, 0.15) is 5.75 Å². The van der Waals surface area contributed by atoms with Gasteiger partial charge in [0.15, 0.2) is 0 Å². The lowest BCUT2D eigenvalue weighted by molar-refractivity contribution is -0.0767. The molecule has 1 spiro atoms. The lowest BCUT2D eigenvalue weighted by Crippen LogP contribution is -2.60. The first-order chi connectivity index (χ1) is 10.1. The van der Waals surface area contributed by atoms with Gasteiger partial charge in [-0.15, -0.1) is 0 Å². The Morgan fingerprint density at radius 3 is 2.62 bits per heavy atom. The van der Waals surface area contributed by atoms with E-state index in [2.05, 4.69) is 31.3 Å². The highest BCUT2D eigenvalue weighted by Crippen LogP contribution is 2.38. The Balaban J connectivity index is 1.70. The second-order valence-corrected chi connectivity index (χ2v) is 6.92. The van der Waals surface area contributed by atoms with Gasteiger partial charge in [-0.1, -0.05) is 31.9 Å². The first kappa shape index (κ1) is 14.9. The van der Waals surface area contributed by atoms with Crippen molar-refractivity contribution in [2.45, 2.75) is 57.2 Å². The van der Waals surface area contributed by atoms with Crippen LogP contribution in [0.25, 0.3) is 0 Å². The zero-order chi connectivity index (χ0) is 14.9. The molecule has 4 atom stereocenters. The maximum Gasteiger partial charge on any atom is 0.118 e. The lowest BCUT2D eigenvalue weighted by Gasteiger charge is -2.48. The predicted octanol–water partition coefficient (Wildman–Crippen LogP) is 3.69. The Bertz CT molecular complexity index is 473. The molecule has 2 fully saturated rings. The number of hydrogen-bond acceptors (Lipinski definition) is 3. The number of nitrogens with one attached hydrogen (secondary N) is 1. The molecule has 1 saturated heterocycles. The first-order valence-corrected chi connectivity index (χ1v) is 8.15. The molecular weight excluding hydrogens is 262 g/mol. The molecule has 21 heavy (non-hydrogen) atoms. The van der Waals surface area contributed by atoms with Crippen molar-refractivity contribution in [3.63, 3.8) is 0 Å². The number of benzene rings is 1. The van der Waals surface area contributed by atoms with Crippen LogP contribution in [0.15, 0.2) is 24.3 Å². The van der Waals surface area contributed by atoms with Crippen LogP contribution in [0.5, 0.6) is 5.75 Å². The van der Waals surface area contributed by atoms with Crippen LogP contribution in [0.3, 0.4) is 0 Å². The van der Waals surface area contributed by atoms with Crippen LogP contribution < -0.4 is 10.1 Å². The maximum absolute atomic E-state index is 6.29. The highest BCUT2D eigenvalue weighted by Gasteiger charge is 2.42. The SMILES string of the molecule is COc1ccc(C2OCC3(CCCC(C)C3)NC2C)cc1. The Morgan fingerprint density at radius 2 is 2.00 bits per heavy atom. The summed E-state index contributed by atoms with van der Waals surface area (Å²) in [6, 6.07) is 8.60. The lowest BCUT2D eigenvalue weighted by atomic mass is 9.75. The van der Waals surface area contributed by atoms with Gasteiger partial charge in [-0.3, -0.25) is 0 Å². The zero-order valence-electron chi connectivity index (χ0n) is 13.4. The topological polar surface area (TPSA) is 30.5 Å². The van der Waals surface area contributed by atoms with Gasteiger partial charge in [0, 0.05) is 11.6 Å². The quantitative estimate of drug-likeness (QED) is 0.900. The number of rotatable bonds is 2. The van der Waals surface area contributed by atoms with Gasteiger partial charge < -0.3 is 14.8 Å². The molecule has 0 aromatic heterocycles. The number of methoxy groups -OCH3 is 1. The van der Waals surface area contributed by atoms with Crippen molar-refractivity contribution in [1.82, 2.24) is 5.32 Å². The third-order valence-electron chi connectivity index (χ3n) is 5.06. The summed E-state index contributed by atoms with van der Waals surface area (Å²) in [5.41, 5.74) is 1.44.